The number of nitrogens with one attached hydrogen (secondary N) is 1. The molecule has 10 heteroatoms. The summed E-state index contributed by atoms with van der Waals surface area (Å²) >= 11 is 0. The molecule has 0 aromatic heterocycles. The summed E-state index contributed by atoms with van der Waals surface area (Å²) in [5, 5.41) is 2.69. The fraction of sp³-hybridized carbons (Fsp3) is 0.391. The van der Waals surface area contributed by atoms with E-state index >= 15 is 0 Å². The van der Waals surface area contributed by atoms with Crippen molar-refractivity contribution in [2.24, 2.45) is 0 Å². The van der Waals surface area contributed by atoms with Crippen LogP contribution in [0.2, 0.25) is 0 Å². The van der Waals surface area contributed by atoms with Gasteiger partial charge in [-0.3, -0.25) is 9.59 Å². The Labute approximate surface area is 193 Å². The van der Waals surface area contributed by atoms with Crippen molar-refractivity contribution in [3.63, 3.8) is 0 Å². The predicted octanol–water partition coefficient (Wildman–Crippen LogP) is 1.88. The zero-order valence-corrected chi connectivity index (χ0v) is 19.3. The molecule has 0 radical (unpaired) electrons. The van der Waals surface area contributed by atoms with Crippen LogP contribution in [0, 0.1) is 0 Å². The van der Waals surface area contributed by atoms with Crippen molar-refractivity contribution in [3.05, 3.63) is 48.0 Å². The molecular formula is C23H27N3O6S. The molecule has 1 saturated heterocycles. The van der Waals surface area contributed by atoms with Crippen molar-refractivity contribution in [3.8, 4) is 11.5 Å². The first kappa shape index (κ1) is 23.1. The lowest BCUT2D eigenvalue weighted by atomic mass is 10.1. The van der Waals surface area contributed by atoms with E-state index in [1.165, 1.54) is 23.4 Å². The van der Waals surface area contributed by atoms with E-state index in [2.05, 4.69) is 5.32 Å². The Balaban J connectivity index is 1.35. The van der Waals surface area contributed by atoms with Crippen molar-refractivity contribution in [2.75, 3.05) is 44.7 Å². The molecule has 2 heterocycles. The number of piperazine rings is 1. The molecule has 176 valence electrons. The summed E-state index contributed by atoms with van der Waals surface area (Å²) in [4.78, 5) is 25.7. The van der Waals surface area contributed by atoms with Crippen LogP contribution in [-0.4, -0.2) is 68.8 Å². The van der Waals surface area contributed by atoms with Crippen LogP contribution in [0.1, 0.15) is 18.9 Å². The number of sulfonamides is 1. The lowest BCUT2D eigenvalue weighted by molar-refractivity contribution is -0.131. The van der Waals surface area contributed by atoms with E-state index in [4.69, 9.17) is 9.47 Å². The fourth-order valence-electron chi connectivity index (χ4n) is 3.83. The molecule has 2 amide bonds. The SMILES string of the molecule is CC(=O)Nc1ccc(CC(=O)N2CCN(S(=O)(=O)c3ccc4c(c3)OCCCO4)CC2)cc1. The summed E-state index contributed by atoms with van der Waals surface area (Å²) in [6, 6.07) is 11.8. The Morgan fingerprint density at radius 3 is 2.27 bits per heavy atom. The zero-order chi connectivity index (χ0) is 23.4. The maximum Gasteiger partial charge on any atom is 0.243 e. The Bertz CT molecular complexity index is 1130. The van der Waals surface area contributed by atoms with Gasteiger partial charge in [0.1, 0.15) is 0 Å². The minimum absolute atomic E-state index is 0.0603. The minimum atomic E-state index is -3.70. The van der Waals surface area contributed by atoms with Crippen molar-refractivity contribution < 1.29 is 27.5 Å². The number of hydrogen-bond donors (Lipinski definition) is 1. The van der Waals surface area contributed by atoms with Crippen LogP contribution in [0.4, 0.5) is 5.69 Å². The molecule has 0 saturated carbocycles. The van der Waals surface area contributed by atoms with Gasteiger partial charge in [-0.05, 0) is 29.8 Å². The van der Waals surface area contributed by atoms with Gasteiger partial charge in [0.15, 0.2) is 11.5 Å². The van der Waals surface area contributed by atoms with E-state index in [1.54, 1.807) is 35.2 Å². The lowest BCUT2D eigenvalue weighted by Gasteiger charge is -2.34. The molecule has 9 nitrogen and oxygen atoms in total. The average Bonchev–Trinajstić information content (AvgIpc) is 3.05. The highest BCUT2D eigenvalue weighted by atomic mass is 32.2. The van der Waals surface area contributed by atoms with Crippen LogP contribution in [0.15, 0.2) is 47.4 Å². The van der Waals surface area contributed by atoms with Crippen molar-refractivity contribution in [2.45, 2.75) is 24.7 Å². The van der Waals surface area contributed by atoms with Gasteiger partial charge in [0, 0.05) is 51.3 Å². The van der Waals surface area contributed by atoms with E-state index in [-0.39, 0.29) is 36.2 Å². The van der Waals surface area contributed by atoms with Gasteiger partial charge in [-0.2, -0.15) is 4.31 Å². The minimum Gasteiger partial charge on any atom is -0.490 e. The van der Waals surface area contributed by atoms with Crippen molar-refractivity contribution in [1.29, 1.82) is 0 Å². The first-order valence-electron chi connectivity index (χ1n) is 10.9. The highest BCUT2D eigenvalue weighted by Gasteiger charge is 2.31. The second-order valence-corrected chi connectivity index (χ2v) is 9.94. The number of nitrogens with zero attached hydrogens (tertiary/aromatic N) is 2. The zero-order valence-electron chi connectivity index (χ0n) is 18.5. The van der Waals surface area contributed by atoms with Crippen molar-refractivity contribution >= 4 is 27.5 Å². The normalized spacial score (nSPS) is 16.7. The summed E-state index contributed by atoms with van der Waals surface area (Å²) in [5.74, 6) is 0.771. The van der Waals surface area contributed by atoms with Gasteiger partial charge >= 0.3 is 0 Å². The van der Waals surface area contributed by atoms with Crippen LogP contribution in [-0.2, 0) is 26.0 Å². The molecule has 0 bridgehead atoms. The monoisotopic (exact) mass is 473 g/mol. The molecule has 2 aliphatic heterocycles. The molecule has 4 rings (SSSR count). The van der Waals surface area contributed by atoms with E-state index in [0.717, 1.165) is 12.0 Å². The van der Waals surface area contributed by atoms with Gasteiger partial charge in [-0.25, -0.2) is 8.42 Å². The standard InChI is InChI=1S/C23H27N3O6S/c1-17(27)24-19-5-3-18(4-6-19)15-23(28)25-9-11-26(12-10-25)33(29,30)20-7-8-21-22(16-20)32-14-2-13-31-21/h3-8,16H,2,9-15H2,1H3,(H,24,27). The number of anilines is 1. The molecule has 2 aromatic rings. The Kier molecular flexibility index (Phi) is 6.85. The summed E-state index contributed by atoms with van der Waals surface area (Å²) < 4.78 is 38.9. The number of amides is 2. The third-order valence-corrected chi connectivity index (χ3v) is 7.47. The molecule has 1 fully saturated rings. The van der Waals surface area contributed by atoms with Crippen LogP contribution >= 0.6 is 0 Å². The third-order valence-electron chi connectivity index (χ3n) is 5.58. The smallest absolute Gasteiger partial charge is 0.243 e. The Morgan fingerprint density at radius 1 is 0.939 bits per heavy atom. The van der Waals surface area contributed by atoms with Gasteiger partial charge in [-0.1, -0.05) is 12.1 Å². The molecule has 1 N–H and O–H groups in total. The maximum absolute atomic E-state index is 13.1. The highest BCUT2D eigenvalue weighted by Crippen LogP contribution is 2.33. The number of benzene rings is 2. The average molecular weight is 474 g/mol. The van der Waals surface area contributed by atoms with Crippen LogP contribution in [0.25, 0.3) is 0 Å². The van der Waals surface area contributed by atoms with Gasteiger partial charge in [-0.15, -0.1) is 0 Å². The topological polar surface area (TPSA) is 105 Å². The van der Waals surface area contributed by atoms with Crippen LogP contribution < -0.4 is 14.8 Å². The van der Waals surface area contributed by atoms with Crippen LogP contribution in [0.5, 0.6) is 11.5 Å². The first-order valence-corrected chi connectivity index (χ1v) is 12.3. The maximum atomic E-state index is 13.1. The van der Waals surface area contributed by atoms with E-state index in [1.807, 2.05) is 0 Å². The second kappa shape index (κ2) is 9.80. The molecule has 2 aliphatic rings. The quantitative estimate of drug-likeness (QED) is 0.711. The fourth-order valence-corrected chi connectivity index (χ4v) is 5.26. The summed E-state index contributed by atoms with van der Waals surface area (Å²) in [6.45, 7) is 3.56. The van der Waals surface area contributed by atoms with Crippen molar-refractivity contribution in [1.82, 2.24) is 9.21 Å². The summed E-state index contributed by atoms with van der Waals surface area (Å²) in [5.41, 5.74) is 1.50. The molecule has 0 aliphatic carbocycles. The predicted molar refractivity (Wildman–Crippen MR) is 122 cm³/mol. The number of fused-ring (bicyclic) bond motifs is 1. The first-order chi connectivity index (χ1) is 15.8. The number of carbonyl (C=O) groups excluding carboxylic acids is 2. The highest BCUT2D eigenvalue weighted by molar-refractivity contribution is 7.89. The lowest BCUT2D eigenvalue weighted by Crippen LogP contribution is -2.50. The number of hydrogen-bond acceptors (Lipinski definition) is 6. The summed E-state index contributed by atoms with van der Waals surface area (Å²) in [7, 11) is -3.70. The number of ether oxygens (including phenoxy) is 2. The Morgan fingerprint density at radius 2 is 1.61 bits per heavy atom. The molecule has 0 atom stereocenters. The molecule has 2 aromatic carbocycles. The molecule has 33 heavy (non-hydrogen) atoms. The molecule has 0 unspecified atom stereocenters. The van der Waals surface area contributed by atoms with E-state index in [0.29, 0.717) is 43.5 Å². The summed E-state index contributed by atoms with van der Waals surface area (Å²) in [6.07, 6.45) is 0.960. The third kappa shape index (κ3) is 5.45. The van der Waals surface area contributed by atoms with Gasteiger partial charge in [0.25, 0.3) is 0 Å². The largest absolute Gasteiger partial charge is 0.490 e. The van der Waals surface area contributed by atoms with E-state index in [9.17, 15) is 18.0 Å². The Hall–Kier alpha value is -3.11. The number of rotatable bonds is 5. The molecular weight excluding hydrogens is 446 g/mol. The van der Waals surface area contributed by atoms with Gasteiger partial charge < -0.3 is 19.7 Å². The van der Waals surface area contributed by atoms with E-state index < -0.39 is 10.0 Å². The molecule has 0 spiro atoms. The number of carbonyl (C=O) groups is 2. The van der Waals surface area contributed by atoms with Gasteiger partial charge in [0.05, 0.1) is 24.5 Å². The van der Waals surface area contributed by atoms with Gasteiger partial charge in [0.2, 0.25) is 21.8 Å². The van der Waals surface area contributed by atoms with Crippen LogP contribution in [0.3, 0.4) is 0 Å². The second-order valence-electron chi connectivity index (χ2n) is 8.00.